The molecule has 2 nitrogen and oxygen atoms in total. The van der Waals surface area contributed by atoms with E-state index in [1.54, 1.807) is 19.1 Å². The Hall–Kier alpha value is -1.94. The average molecular weight is 334 g/mol. The van der Waals surface area contributed by atoms with Crippen LogP contribution in [0.15, 0.2) is 53.0 Å². The van der Waals surface area contributed by atoms with Gasteiger partial charge in [0, 0.05) is 11.8 Å². The molecule has 1 N–H and O–H groups in total. The van der Waals surface area contributed by atoms with Crippen molar-refractivity contribution in [1.82, 2.24) is 0 Å². The maximum absolute atomic E-state index is 13.3. The molecule has 0 aliphatic rings. The summed E-state index contributed by atoms with van der Waals surface area (Å²) in [5, 5.41) is 2.73. The van der Waals surface area contributed by atoms with Gasteiger partial charge in [-0.05, 0) is 52.2 Å². The summed E-state index contributed by atoms with van der Waals surface area (Å²) >= 11 is 3.10. The fourth-order valence-electron chi connectivity index (χ4n) is 1.69. The largest absolute Gasteiger partial charge is 0.322 e. The topological polar surface area (TPSA) is 29.1 Å². The number of hydrogen-bond donors (Lipinski definition) is 1. The lowest BCUT2D eigenvalue weighted by Crippen LogP contribution is -2.09. The number of halogens is 2. The SMILES string of the molecule is Cc1cc(F)c(Br)cc1NC(=O)/C=C/c1ccccc1. The van der Waals surface area contributed by atoms with Gasteiger partial charge in [0.05, 0.1) is 4.47 Å². The van der Waals surface area contributed by atoms with Gasteiger partial charge in [-0.3, -0.25) is 4.79 Å². The summed E-state index contributed by atoms with van der Waals surface area (Å²) in [6, 6.07) is 12.5. The minimum Gasteiger partial charge on any atom is -0.322 e. The number of benzene rings is 2. The molecule has 2 rings (SSSR count). The van der Waals surface area contributed by atoms with E-state index in [1.807, 2.05) is 30.3 Å². The molecule has 0 saturated heterocycles. The molecule has 2 aromatic carbocycles. The van der Waals surface area contributed by atoms with E-state index < -0.39 is 0 Å². The van der Waals surface area contributed by atoms with Crippen molar-refractivity contribution >= 4 is 33.6 Å². The van der Waals surface area contributed by atoms with Gasteiger partial charge in [0.15, 0.2) is 0 Å². The van der Waals surface area contributed by atoms with Gasteiger partial charge >= 0.3 is 0 Å². The van der Waals surface area contributed by atoms with Crippen molar-refractivity contribution in [3.8, 4) is 0 Å². The summed E-state index contributed by atoms with van der Waals surface area (Å²) in [5.41, 5.74) is 2.20. The van der Waals surface area contributed by atoms with Crippen LogP contribution >= 0.6 is 15.9 Å². The normalized spacial score (nSPS) is 10.8. The number of aryl methyl sites for hydroxylation is 1. The van der Waals surface area contributed by atoms with Crippen molar-refractivity contribution in [2.24, 2.45) is 0 Å². The number of carbonyl (C=O) groups excluding carboxylic acids is 1. The molecule has 102 valence electrons. The Balaban J connectivity index is 2.09. The lowest BCUT2D eigenvalue weighted by Gasteiger charge is -2.07. The van der Waals surface area contributed by atoms with E-state index in [4.69, 9.17) is 0 Å². The highest BCUT2D eigenvalue weighted by Crippen LogP contribution is 2.24. The van der Waals surface area contributed by atoms with Crippen LogP contribution in [0.4, 0.5) is 10.1 Å². The molecule has 4 heteroatoms. The van der Waals surface area contributed by atoms with Crippen LogP contribution in [0.2, 0.25) is 0 Å². The molecular weight excluding hydrogens is 321 g/mol. The Labute approximate surface area is 125 Å². The van der Waals surface area contributed by atoms with Gasteiger partial charge in [0.1, 0.15) is 5.82 Å². The number of nitrogens with one attached hydrogen (secondary N) is 1. The van der Waals surface area contributed by atoms with Gasteiger partial charge in [-0.15, -0.1) is 0 Å². The van der Waals surface area contributed by atoms with Crippen LogP contribution < -0.4 is 5.32 Å². The monoisotopic (exact) mass is 333 g/mol. The first kappa shape index (κ1) is 14.5. The number of anilines is 1. The zero-order valence-corrected chi connectivity index (χ0v) is 12.4. The first-order chi connectivity index (χ1) is 9.56. The molecule has 0 aliphatic carbocycles. The quantitative estimate of drug-likeness (QED) is 0.820. The van der Waals surface area contributed by atoms with Crippen molar-refractivity contribution < 1.29 is 9.18 Å². The fourth-order valence-corrected chi connectivity index (χ4v) is 2.03. The highest BCUT2D eigenvalue weighted by Gasteiger charge is 2.06. The molecule has 0 heterocycles. The second-order valence-electron chi connectivity index (χ2n) is 4.31. The van der Waals surface area contributed by atoms with E-state index in [9.17, 15) is 9.18 Å². The maximum atomic E-state index is 13.3. The molecule has 0 unspecified atom stereocenters. The Morgan fingerprint density at radius 2 is 1.95 bits per heavy atom. The van der Waals surface area contributed by atoms with Crippen LogP contribution in [0, 0.1) is 12.7 Å². The summed E-state index contributed by atoms with van der Waals surface area (Å²) in [6.45, 7) is 1.74. The lowest BCUT2D eigenvalue weighted by atomic mass is 10.2. The Morgan fingerprint density at radius 1 is 1.25 bits per heavy atom. The third kappa shape index (κ3) is 3.78. The highest BCUT2D eigenvalue weighted by atomic mass is 79.9. The molecule has 1 amide bonds. The number of rotatable bonds is 3. The van der Waals surface area contributed by atoms with Crippen LogP contribution in [0.25, 0.3) is 6.08 Å². The van der Waals surface area contributed by atoms with Crippen molar-refractivity contribution in [1.29, 1.82) is 0 Å². The Morgan fingerprint density at radius 3 is 2.65 bits per heavy atom. The molecule has 0 fully saturated rings. The smallest absolute Gasteiger partial charge is 0.248 e. The lowest BCUT2D eigenvalue weighted by molar-refractivity contribution is -0.111. The molecule has 0 atom stereocenters. The van der Waals surface area contributed by atoms with Crippen molar-refractivity contribution in [3.63, 3.8) is 0 Å². The van der Waals surface area contributed by atoms with E-state index in [1.165, 1.54) is 12.1 Å². The molecular formula is C16H13BrFNO. The minimum atomic E-state index is -0.347. The standard InChI is InChI=1S/C16H13BrFNO/c1-11-9-14(18)13(17)10-15(11)19-16(20)8-7-12-5-3-2-4-6-12/h2-10H,1H3,(H,19,20)/b8-7+. The van der Waals surface area contributed by atoms with Gasteiger partial charge < -0.3 is 5.32 Å². The summed E-state index contributed by atoms with van der Waals surface area (Å²) in [5.74, 6) is -0.601. The zero-order valence-electron chi connectivity index (χ0n) is 10.9. The zero-order chi connectivity index (χ0) is 14.5. The Kier molecular flexibility index (Phi) is 4.69. The summed E-state index contributed by atoms with van der Waals surface area (Å²) in [4.78, 5) is 11.8. The van der Waals surface area contributed by atoms with E-state index in [-0.39, 0.29) is 11.7 Å². The summed E-state index contributed by atoms with van der Waals surface area (Å²) < 4.78 is 13.6. The predicted octanol–water partition coefficient (Wildman–Crippen LogP) is 4.55. The number of carbonyl (C=O) groups is 1. The van der Waals surface area contributed by atoms with Crippen LogP contribution in [-0.2, 0) is 4.79 Å². The fraction of sp³-hybridized carbons (Fsp3) is 0.0625. The predicted molar refractivity (Wildman–Crippen MR) is 82.9 cm³/mol. The van der Waals surface area contributed by atoms with E-state index in [2.05, 4.69) is 21.2 Å². The summed E-state index contributed by atoms with van der Waals surface area (Å²) in [7, 11) is 0. The van der Waals surface area contributed by atoms with Crippen molar-refractivity contribution in [3.05, 3.63) is 70.0 Å². The second kappa shape index (κ2) is 6.48. The molecule has 0 bridgehead atoms. The first-order valence-electron chi connectivity index (χ1n) is 6.06. The van der Waals surface area contributed by atoms with E-state index in [0.717, 1.165) is 5.56 Å². The average Bonchev–Trinajstić information content (AvgIpc) is 2.44. The van der Waals surface area contributed by atoms with E-state index >= 15 is 0 Å². The van der Waals surface area contributed by atoms with Crippen LogP contribution in [0.5, 0.6) is 0 Å². The van der Waals surface area contributed by atoms with Crippen LogP contribution in [0.1, 0.15) is 11.1 Å². The van der Waals surface area contributed by atoms with Gasteiger partial charge in [0.25, 0.3) is 0 Å². The molecule has 20 heavy (non-hydrogen) atoms. The highest BCUT2D eigenvalue weighted by molar-refractivity contribution is 9.10. The number of hydrogen-bond acceptors (Lipinski definition) is 1. The third-order valence-electron chi connectivity index (χ3n) is 2.75. The van der Waals surface area contributed by atoms with Gasteiger partial charge in [-0.25, -0.2) is 4.39 Å². The minimum absolute atomic E-state index is 0.254. The van der Waals surface area contributed by atoms with Crippen LogP contribution in [-0.4, -0.2) is 5.91 Å². The molecule has 0 aliphatic heterocycles. The molecule has 0 radical (unpaired) electrons. The summed E-state index contributed by atoms with van der Waals surface area (Å²) in [6.07, 6.45) is 3.18. The Bertz CT molecular complexity index is 653. The van der Waals surface area contributed by atoms with Crippen LogP contribution in [0.3, 0.4) is 0 Å². The van der Waals surface area contributed by atoms with Gasteiger partial charge in [-0.1, -0.05) is 30.3 Å². The van der Waals surface area contributed by atoms with Crippen molar-refractivity contribution in [2.75, 3.05) is 5.32 Å². The molecule has 2 aromatic rings. The van der Waals surface area contributed by atoms with Crippen molar-refractivity contribution in [2.45, 2.75) is 6.92 Å². The molecule has 0 spiro atoms. The first-order valence-corrected chi connectivity index (χ1v) is 6.85. The second-order valence-corrected chi connectivity index (χ2v) is 5.17. The van der Waals surface area contributed by atoms with Gasteiger partial charge in [-0.2, -0.15) is 0 Å². The molecule has 0 saturated carbocycles. The van der Waals surface area contributed by atoms with E-state index in [0.29, 0.717) is 15.7 Å². The van der Waals surface area contributed by atoms with Gasteiger partial charge in [0.2, 0.25) is 5.91 Å². The number of amides is 1. The maximum Gasteiger partial charge on any atom is 0.248 e. The molecule has 0 aromatic heterocycles. The third-order valence-corrected chi connectivity index (χ3v) is 3.36.